The van der Waals surface area contributed by atoms with Gasteiger partial charge in [-0.05, 0) is 48.5 Å². The maximum Gasteiger partial charge on any atom is 0.263 e. The molecule has 3 rings (SSSR count). The van der Waals surface area contributed by atoms with E-state index in [0.717, 1.165) is 0 Å². The van der Waals surface area contributed by atoms with Gasteiger partial charge in [-0.15, -0.1) is 0 Å². The van der Waals surface area contributed by atoms with E-state index in [1.54, 1.807) is 42.5 Å². The molecule has 27 heavy (non-hydrogen) atoms. The molecule has 2 N–H and O–H groups in total. The normalized spacial score (nSPS) is 11.7. The zero-order valence-electron chi connectivity index (χ0n) is 13.8. The largest absolute Gasteiger partial charge is 0.280 e. The van der Waals surface area contributed by atoms with Gasteiger partial charge in [0.1, 0.15) is 4.90 Å². The third-order valence-corrected chi connectivity index (χ3v) is 6.85. The maximum atomic E-state index is 12.4. The number of sulfonamides is 2. The molecule has 9 heteroatoms. The Morgan fingerprint density at radius 2 is 1.11 bits per heavy atom. The van der Waals surface area contributed by atoms with Crippen LogP contribution in [0.25, 0.3) is 0 Å². The van der Waals surface area contributed by atoms with Gasteiger partial charge in [-0.25, -0.2) is 16.8 Å². The minimum absolute atomic E-state index is 0.00652. The lowest BCUT2D eigenvalue weighted by atomic mass is 10.3. The molecule has 0 bridgehead atoms. The highest BCUT2D eigenvalue weighted by atomic mass is 35.5. The smallest absolute Gasteiger partial charge is 0.263 e. The van der Waals surface area contributed by atoms with Crippen LogP contribution in [0.3, 0.4) is 0 Å². The van der Waals surface area contributed by atoms with Gasteiger partial charge in [0.25, 0.3) is 20.0 Å². The Morgan fingerprint density at radius 3 is 1.74 bits per heavy atom. The Labute approximate surface area is 162 Å². The summed E-state index contributed by atoms with van der Waals surface area (Å²) in [5.74, 6) is 0. The SMILES string of the molecule is O=S(=O)(Nc1ccccc1)c1ccc(NS(=O)(=O)c2ccccc2Cl)cc1. The summed E-state index contributed by atoms with van der Waals surface area (Å²) in [5.41, 5.74) is 0.648. The van der Waals surface area contributed by atoms with Crippen molar-refractivity contribution in [2.75, 3.05) is 9.44 Å². The standard InChI is InChI=1S/C18H15ClN2O4S2/c19-17-8-4-5-9-18(17)27(24,25)21-15-10-12-16(13-11-15)26(22,23)20-14-6-2-1-3-7-14/h1-13,20-21H. The van der Waals surface area contributed by atoms with Crippen molar-refractivity contribution in [2.45, 2.75) is 9.79 Å². The molecule has 0 heterocycles. The highest BCUT2D eigenvalue weighted by molar-refractivity contribution is 7.93. The molecule has 0 aliphatic heterocycles. The minimum atomic E-state index is -3.89. The second kappa shape index (κ2) is 7.59. The van der Waals surface area contributed by atoms with Crippen LogP contribution in [0.4, 0.5) is 11.4 Å². The molecule has 3 aromatic carbocycles. The van der Waals surface area contributed by atoms with Crippen molar-refractivity contribution < 1.29 is 16.8 Å². The van der Waals surface area contributed by atoms with Crippen molar-refractivity contribution in [1.29, 1.82) is 0 Å². The minimum Gasteiger partial charge on any atom is -0.280 e. The highest BCUT2D eigenvalue weighted by Gasteiger charge is 2.18. The van der Waals surface area contributed by atoms with Crippen LogP contribution < -0.4 is 9.44 Å². The fourth-order valence-electron chi connectivity index (χ4n) is 2.30. The molecular formula is C18H15ClN2O4S2. The number of benzene rings is 3. The molecule has 0 saturated heterocycles. The van der Waals surface area contributed by atoms with E-state index in [1.807, 2.05) is 0 Å². The predicted octanol–water partition coefficient (Wildman–Crippen LogP) is 3.94. The lowest BCUT2D eigenvalue weighted by molar-refractivity contribution is 0.600. The number of halogens is 1. The van der Waals surface area contributed by atoms with Crippen molar-refractivity contribution in [3.8, 4) is 0 Å². The zero-order valence-corrected chi connectivity index (χ0v) is 16.2. The second-order valence-corrected chi connectivity index (χ2v) is 9.27. The van der Waals surface area contributed by atoms with Gasteiger partial charge < -0.3 is 0 Å². The summed E-state index contributed by atoms with van der Waals surface area (Å²) in [4.78, 5) is -0.0545. The second-order valence-electron chi connectivity index (χ2n) is 5.53. The van der Waals surface area contributed by atoms with Crippen molar-refractivity contribution in [3.63, 3.8) is 0 Å². The molecule has 0 aliphatic carbocycles. The molecule has 0 amide bonds. The Bertz CT molecular complexity index is 1150. The van der Waals surface area contributed by atoms with Crippen molar-refractivity contribution in [2.24, 2.45) is 0 Å². The summed E-state index contributed by atoms with van der Waals surface area (Å²) in [6.07, 6.45) is 0. The van der Waals surface area contributed by atoms with Crippen LogP contribution in [-0.4, -0.2) is 16.8 Å². The summed E-state index contributed by atoms with van der Waals surface area (Å²) in [6, 6.07) is 19.9. The van der Waals surface area contributed by atoms with Crippen molar-refractivity contribution in [3.05, 3.63) is 83.9 Å². The van der Waals surface area contributed by atoms with Crippen LogP contribution in [0, 0.1) is 0 Å². The summed E-state index contributed by atoms with van der Waals surface area (Å²) in [7, 11) is -7.67. The average Bonchev–Trinajstić information content (AvgIpc) is 2.62. The first-order valence-electron chi connectivity index (χ1n) is 7.73. The molecule has 0 atom stereocenters. The Hall–Kier alpha value is -2.55. The zero-order chi connectivity index (χ0) is 19.5. The van der Waals surface area contributed by atoms with Gasteiger partial charge in [-0.1, -0.05) is 41.9 Å². The van der Waals surface area contributed by atoms with E-state index in [9.17, 15) is 16.8 Å². The molecule has 0 radical (unpaired) electrons. The Morgan fingerprint density at radius 1 is 0.593 bits per heavy atom. The van der Waals surface area contributed by atoms with E-state index in [2.05, 4.69) is 9.44 Å². The monoisotopic (exact) mass is 422 g/mol. The first-order valence-corrected chi connectivity index (χ1v) is 11.1. The molecule has 0 aliphatic rings. The number of nitrogens with one attached hydrogen (secondary N) is 2. The lowest BCUT2D eigenvalue weighted by Gasteiger charge is -2.11. The van der Waals surface area contributed by atoms with Gasteiger partial charge >= 0.3 is 0 Å². The molecule has 0 unspecified atom stereocenters. The van der Waals surface area contributed by atoms with Crippen LogP contribution in [-0.2, 0) is 20.0 Å². The fourth-order valence-corrected chi connectivity index (χ4v) is 4.93. The molecule has 3 aromatic rings. The number of anilines is 2. The summed E-state index contributed by atoms with van der Waals surface area (Å²) >= 11 is 5.93. The molecule has 0 spiro atoms. The average molecular weight is 423 g/mol. The first-order chi connectivity index (χ1) is 12.8. The summed E-state index contributed by atoms with van der Waals surface area (Å²) < 4.78 is 54.5. The third-order valence-electron chi connectivity index (χ3n) is 3.57. The molecule has 0 aromatic heterocycles. The van der Waals surface area contributed by atoms with Gasteiger partial charge in [0.15, 0.2) is 0 Å². The van der Waals surface area contributed by atoms with Crippen LogP contribution in [0.5, 0.6) is 0 Å². The van der Waals surface area contributed by atoms with Gasteiger partial charge in [0, 0.05) is 11.4 Å². The number of rotatable bonds is 6. The molecule has 6 nitrogen and oxygen atoms in total. The first kappa shape index (κ1) is 19.2. The number of hydrogen-bond donors (Lipinski definition) is 2. The molecule has 0 saturated carbocycles. The number of hydrogen-bond acceptors (Lipinski definition) is 4. The third kappa shape index (κ3) is 4.60. The molecular weight excluding hydrogens is 408 g/mol. The van der Waals surface area contributed by atoms with Crippen LogP contribution in [0.2, 0.25) is 5.02 Å². The van der Waals surface area contributed by atoms with E-state index in [0.29, 0.717) is 5.69 Å². The quantitative estimate of drug-likeness (QED) is 0.629. The molecule has 0 fully saturated rings. The van der Waals surface area contributed by atoms with E-state index in [4.69, 9.17) is 11.6 Å². The van der Waals surface area contributed by atoms with E-state index in [-0.39, 0.29) is 20.5 Å². The Kier molecular flexibility index (Phi) is 5.41. The highest BCUT2D eigenvalue weighted by Crippen LogP contribution is 2.24. The topological polar surface area (TPSA) is 92.3 Å². The molecule has 140 valence electrons. The van der Waals surface area contributed by atoms with Crippen LogP contribution in [0.1, 0.15) is 0 Å². The van der Waals surface area contributed by atoms with Gasteiger partial charge in [0.05, 0.1) is 9.92 Å². The summed E-state index contributed by atoms with van der Waals surface area (Å²) in [6.45, 7) is 0. The predicted molar refractivity (Wildman–Crippen MR) is 106 cm³/mol. The van der Waals surface area contributed by atoms with E-state index < -0.39 is 20.0 Å². The van der Waals surface area contributed by atoms with Gasteiger partial charge in [-0.3, -0.25) is 9.44 Å². The fraction of sp³-hybridized carbons (Fsp3) is 0. The summed E-state index contributed by atoms with van der Waals surface area (Å²) in [5, 5.41) is 0.0938. The van der Waals surface area contributed by atoms with Gasteiger partial charge in [-0.2, -0.15) is 0 Å². The maximum absolute atomic E-state index is 12.4. The van der Waals surface area contributed by atoms with Gasteiger partial charge in [0.2, 0.25) is 0 Å². The lowest BCUT2D eigenvalue weighted by Crippen LogP contribution is -2.15. The van der Waals surface area contributed by atoms with E-state index in [1.165, 1.54) is 36.4 Å². The van der Waals surface area contributed by atoms with E-state index >= 15 is 0 Å². The Balaban J connectivity index is 1.80. The number of para-hydroxylation sites is 1. The van der Waals surface area contributed by atoms with Crippen molar-refractivity contribution >= 4 is 43.0 Å². The van der Waals surface area contributed by atoms with Crippen LogP contribution in [0.15, 0.2) is 88.7 Å². The van der Waals surface area contributed by atoms with Crippen molar-refractivity contribution in [1.82, 2.24) is 0 Å². The van der Waals surface area contributed by atoms with Crippen LogP contribution >= 0.6 is 11.6 Å².